The van der Waals surface area contributed by atoms with Gasteiger partial charge < -0.3 is 4.90 Å². The van der Waals surface area contributed by atoms with Crippen molar-refractivity contribution in [2.75, 3.05) is 18.0 Å². The molecular weight excluding hydrogens is 458 g/mol. The SMILES string of the molecule is Cc1cccc(N(CCN2C(=O)c3cccc4cccc(c34)C2=O)C(=O)c2ccccc2[N+](=O)[O-])c1. The molecule has 4 aromatic rings. The van der Waals surface area contributed by atoms with Crippen molar-refractivity contribution in [3.05, 3.63) is 117 Å². The number of hydrogen-bond donors (Lipinski definition) is 0. The van der Waals surface area contributed by atoms with Gasteiger partial charge in [-0.2, -0.15) is 0 Å². The van der Waals surface area contributed by atoms with Crippen LogP contribution in [0.25, 0.3) is 10.8 Å². The predicted molar refractivity (Wildman–Crippen MR) is 135 cm³/mol. The van der Waals surface area contributed by atoms with Crippen molar-refractivity contribution < 1.29 is 19.3 Å². The highest BCUT2D eigenvalue weighted by atomic mass is 16.6. The normalized spacial score (nSPS) is 12.6. The number of amides is 3. The van der Waals surface area contributed by atoms with E-state index >= 15 is 0 Å². The quantitative estimate of drug-likeness (QED) is 0.220. The van der Waals surface area contributed by atoms with Gasteiger partial charge in [-0.15, -0.1) is 0 Å². The van der Waals surface area contributed by atoms with E-state index in [1.165, 1.54) is 23.1 Å². The highest BCUT2D eigenvalue weighted by molar-refractivity contribution is 6.25. The van der Waals surface area contributed by atoms with Gasteiger partial charge in [-0.1, -0.05) is 48.5 Å². The van der Waals surface area contributed by atoms with Crippen LogP contribution in [0.2, 0.25) is 0 Å². The van der Waals surface area contributed by atoms with Crippen LogP contribution in [0, 0.1) is 17.0 Å². The van der Waals surface area contributed by atoms with Crippen molar-refractivity contribution >= 4 is 39.9 Å². The van der Waals surface area contributed by atoms with E-state index in [0.29, 0.717) is 22.2 Å². The Labute approximate surface area is 206 Å². The first-order valence-corrected chi connectivity index (χ1v) is 11.4. The fraction of sp³-hybridized carbons (Fsp3) is 0.107. The number of carbonyl (C=O) groups is 3. The van der Waals surface area contributed by atoms with Gasteiger partial charge in [0.15, 0.2) is 0 Å². The van der Waals surface area contributed by atoms with Crippen LogP contribution >= 0.6 is 0 Å². The van der Waals surface area contributed by atoms with E-state index in [1.54, 1.807) is 48.5 Å². The summed E-state index contributed by atoms with van der Waals surface area (Å²) in [7, 11) is 0. The summed E-state index contributed by atoms with van der Waals surface area (Å²) >= 11 is 0. The maximum atomic E-state index is 13.6. The number of para-hydroxylation sites is 1. The zero-order valence-corrected chi connectivity index (χ0v) is 19.4. The minimum Gasteiger partial charge on any atom is -0.306 e. The molecule has 0 aromatic heterocycles. The number of hydrogen-bond acceptors (Lipinski definition) is 5. The fourth-order valence-corrected chi connectivity index (χ4v) is 4.59. The molecule has 36 heavy (non-hydrogen) atoms. The second-order valence-electron chi connectivity index (χ2n) is 8.54. The molecule has 1 aliphatic rings. The van der Waals surface area contributed by atoms with Gasteiger partial charge in [0.2, 0.25) is 0 Å². The maximum Gasteiger partial charge on any atom is 0.282 e. The lowest BCUT2D eigenvalue weighted by atomic mass is 9.94. The van der Waals surface area contributed by atoms with Crippen molar-refractivity contribution in [3.63, 3.8) is 0 Å². The Morgan fingerprint density at radius 3 is 2.17 bits per heavy atom. The molecular formula is C28H21N3O5. The fourth-order valence-electron chi connectivity index (χ4n) is 4.59. The van der Waals surface area contributed by atoms with E-state index in [-0.39, 0.29) is 24.3 Å². The number of nitrogens with zero attached hydrogens (tertiary/aromatic N) is 3. The second kappa shape index (κ2) is 9.07. The van der Waals surface area contributed by atoms with Gasteiger partial charge in [0, 0.05) is 41.4 Å². The molecule has 0 unspecified atom stereocenters. The number of nitro groups is 1. The Morgan fingerprint density at radius 1 is 0.889 bits per heavy atom. The lowest BCUT2D eigenvalue weighted by Crippen LogP contribution is -2.46. The first kappa shape index (κ1) is 22.9. The van der Waals surface area contributed by atoms with Crippen LogP contribution < -0.4 is 4.90 Å². The minimum atomic E-state index is -0.600. The molecule has 0 atom stereocenters. The van der Waals surface area contributed by atoms with E-state index in [1.807, 2.05) is 25.1 Å². The summed E-state index contributed by atoms with van der Waals surface area (Å²) in [6, 6.07) is 23.5. The number of imide groups is 1. The van der Waals surface area contributed by atoms with Crippen LogP contribution in [0.5, 0.6) is 0 Å². The average Bonchev–Trinajstić information content (AvgIpc) is 2.89. The van der Waals surface area contributed by atoms with E-state index in [2.05, 4.69) is 0 Å². The van der Waals surface area contributed by atoms with Crippen molar-refractivity contribution in [2.45, 2.75) is 6.92 Å². The third-order valence-electron chi connectivity index (χ3n) is 6.29. The smallest absolute Gasteiger partial charge is 0.282 e. The Bertz CT molecular complexity index is 1510. The number of carbonyl (C=O) groups excluding carboxylic acids is 3. The summed E-state index contributed by atoms with van der Waals surface area (Å²) < 4.78 is 0. The van der Waals surface area contributed by atoms with Gasteiger partial charge in [0.1, 0.15) is 5.56 Å². The number of rotatable bonds is 6. The second-order valence-corrected chi connectivity index (χ2v) is 8.54. The molecule has 178 valence electrons. The van der Waals surface area contributed by atoms with Crippen LogP contribution in [0.15, 0.2) is 84.9 Å². The highest BCUT2D eigenvalue weighted by Crippen LogP contribution is 2.30. The number of aryl methyl sites for hydroxylation is 1. The Hall–Kier alpha value is -4.85. The molecule has 1 aliphatic heterocycles. The number of anilines is 1. The first-order chi connectivity index (χ1) is 17.4. The molecule has 0 saturated carbocycles. The molecule has 0 fully saturated rings. The van der Waals surface area contributed by atoms with Crippen LogP contribution in [-0.2, 0) is 0 Å². The van der Waals surface area contributed by atoms with Gasteiger partial charge in [0.05, 0.1) is 4.92 Å². The van der Waals surface area contributed by atoms with Gasteiger partial charge in [-0.3, -0.25) is 29.4 Å². The van der Waals surface area contributed by atoms with Crippen molar-refractivity contribution in [2.24, 2.45) is 0 Å². The molecule has 8 nitrogen and oxygen atoms in total. The van der Waals surface area contributed by atoms with E-state index in [0.717, 1.165) is 15.8 Å². The summed E-state index contributed by atoms with van der Waals surface area (Å²) in [5.74, 6) is -1.47. The minimum absolute atomic E-state index is 0.0377. The summed E-state index contributed by atoms with van der Waals surface area (Å²) in [5, 5.41) is 13.0. The average molecular weight is 479 g/mol. The van der Waals surface area contributed by atoms with Crippen LogP contribution in [0.1, 0.15) is 36.6 Å². The maximum absolute atomic E-state index is 13.6. The molecule has 0 radical (unpaired) electrons. The molecule has 1 heterocycles. The van der Waals surface area contributed by atoms with Gasteiger partial charge >= 0.3 is 0 Å². The lowest BCUT2D eigenvalue weighted by Gasteiger charge is -2.30. The third kappa shape index (κ3) is 3.88. The molecule has 0 bridgehead atoms. The molecule has 0 aliphatic carbocycles. The van der Waals surface area contributed by atoms with E-state index in [9.17, 15) is 24.5 Å². The van der Waals surface area contributed by atoms with Crippen molar-refractivity contribution in [3.8, 4) is 0 Å². The van der Waals surface area contributed by atoms with Crippen LogP contribution in [0.4, 0.5) is 11.4 Å². The van der Waals surface area contributed by atoms with Crippen LogP contribution in [0.3, 0.4) is 0 Å². The Morgan fingerprint density at radius 2 is 1.53 bits per heavy atom. The monoisotopic (exact) mass is 479 g/mol. The largest absolute Gasteiger partial charge is 0.306 e. The van der Waals surface area contributed by atoms with Gasteiger partial charge in [0.25, 0.3) is 23.4 Å². The topological polar surface area (TPSA) is 101 Å². The summed E-state index contributed by atoms with van der Waals surface area (Å²) in [4.78, 5) is 53.7. The molecule has 0 saturated heterocycles. The van der Waals surface area contributed by atoms with E-state index < -0.39 is 22.6 Å². The predicted octanol–water partition coefficient (Wildman–Crippen LogP) is 5.00. The Balaban J connectivity index is 1.51. The van der Waals surface area contributed by atoms with E-state index in [4.69, 9.17) is 0 Å². The number of benzene rings is 4. The summed E-state index contributed by atoms with van der Waals surface area (Å²) in [6.07, 6.45) is 0. The highest BCUT2D eigenvalue weighted by Gasteiger charge is 2.34. The molecule has 0 N–H and O–H groups in total. The molecule has 5 rings (SSSR count). The van der Waals surface area contributed by atoms with Gasteiger partial charge in [-0.25, -0.2) is 0 Å². The third-order valence-corrected chi connectivity index (χ3v) is 6.29. The lowest BCUT2D eigenvalue weighted by molar-refractivity contribution is -0.385. The summed E-state index contributed by atoms with van der Waals surface area (Å²) in [6.45, 7) is 1.75. The Kier molecular flexibility index (Phi) is 5.77. The standard InChI is InChI=1S/C28H21N3O5/c1-18-7-4-10-20(17-18)29(26(32)21-11-2-3-14-24(21)31(35)36)15-16-30-27(33)22-12-5-8-19-9-6-13-23(25(19)22)28(30)34/h2-14,17H,15-16H2,1H3. The summed E-state index contributed by atoms with van der Waals surface area (Å²) in [5.41, 5.74) is 1.86. The zero-order chi connectivity index (χ0) is 25.4. The molecule has 0 spiro atoms. The van der Waals surface area contributed by atoms with Crippen molar-refractivity contribution in [1.82, 2.24) is 4.90 Å². The first-order valence-electron chi connectivity index (χ1n) is 11.4. The van der Waals surface area contributed by atoms with Crippen molar-refractivity contribution in [1.29, 1.82) is 0 Å². The molecule has 4 aromatic carbocycles. The number of nitro benzene ring substituents is 1. The zero-order valence-electron chi connectivity index (χ0n) is 19.4. The molecule has 8 heteroatoms. The van der Waals surface area contributed by atoms with Gasteiger partial charge in [-0.05, 0) is 48.2 Å². The van der Waals surface area contributed by atoms with Crippen LogP contribution in [-0.4, -0.2) is 40.6 Å². The molecule has 3 amide bonds.